The number of carbonyl (C=O) groups excluding carboxylic acids is 4. The molecule has 0 heterocycles. The van der Waals surface area contributed by atoms with Crippen LogP contribution >= 0.6 is 11.8 Å². The van der Waals surface area contributed by atoms with Gasteiger partial charge in [0.25, 0.3) is 0 Å². The van der Waals surface area contributed by atoms with Crippen LogP contribution in [0.4, 0.5) is 0 Å². The summed E-state index contributed by atoms with van der Waals surface area (Å²) in [4.78, 5) is 59.6. The Balaban J connectivity index is 5.28. The van der Waals surface area contributed by atoms with Crippen molar-refractivity contribution in [1.82, 2.24) is 16.0 Å². The molecule has 0 fully saturated rings. The van der Waals surface area contributed by atoms with Gasteiger partial charge in [-0.05, 0) is 24.3 Å². The molecule has 0 aliphatic heterocycles. The van der Waals surface area contributed by atoms with Crippen molar-refractivity contribution in [2.24, 2.45) is 17.4 Å². The van der Waals surface area contributed by atoms with Crippen LogP contribution in [0.1, 0.15) is 33.1 Å². The summed E-state index contributed by atoms with van der Waals surface area (Å²) in [5.74, 6) is -4.47. The van der Waals surface area contributed by atoms with Gasteiger partial charge in [0.2, 0.25) is 23.6 Å². The van der Waals surface area contributed by atoms with Gasteiger partial charge in [-0.2, -0.15) is 11.8 Å². The molecule has 9 N–H and O–H groups in total. The fraction of sp³-hybridized carbons (Fsp3) is 0.722. The van der Waals surface area contributed by atoms with Crippen LogP contribution in [0.2, 0.25) is 0 Å². The maximum absolute atomic E-state index is 12.6. The van der Waals surface area contributed by atoms with E-state index >= 15 is 0 Å². The molecule has 13 heteroatoms. The number of carbonyl (C=O) groups is 5. The Morgan fingerprint density at radius 1 is 1.00 bits per heavy atom. The molecule has 0 aromatic heterocycles. The number of aliphatic hydroxyl groups excluding tert-OH is 1. The van der Waals surface area contributed by atoms with Crippen LogP contribution in [0.25, 0.3) is 0 Å². The topological polar surface area (TPSA) is 214 Å². The van der Waals surface area contributed by atoms with Gasteiger partial charge >= 0.3 is 5.97 Å². The monoisotopic (exact) mass is 463 g/mol. The van der Waals surface area contributed by atoms with E-state index in [0.29, 0.717) is 18.6 Å². The molecule has 4 amide bonds. The zero-order valence-corrected chi connectivity index (χ0v) is 18.7. The number of aliphatic carboxylic acids is 1. The van der Waals surface area contributed by atoms with Crippen LogP contribution in [0.15, 0.2) is 0 Å². The van der Waals surface area contributed by atoms with Crippen LogP contribution in [0.3, 0.4) is 0 Å². The number of hydrogen-bond acceptors (Lipinski definition) is 8. The summed E-state index contributed by atoms with van der Waals surface area (Å²) in [6, 6.07) is -4.96. The van der Waals surface area contributed by atoms with E-state index in [-0.39, 0.29) is 0 Å². The number of nitrogens with two attached hydrogens (primary N) is 2. The van der Waals surface area contributed by atoms with E-state index in [9.17, 15) is 29.1 Å². The lowest BCUT2D eigenvalue weighted by molar-refractivity contribution is -0.144. The van der Waals surface area contributed by atoms with Gasteiger partial charge in [0.05, 0.1) is 19.1 Å². The van der Waals surface area contributed by atoms with E-state index < -0.39 is 72.7 Å². The zero-order valence-electron chi connectivity index (χ0n) is 17.9. The van der Waals surface area contributed by atoms with Crippen molar-refractivity contribution in [2.45, 2.75) is 57.3 Å². The first kappa shape index (κ1) is 28.6. The van der Waals surface area contributed by atoms with Crippen molar-refractivity contribution < 1.29 is 34.2 Å². The van der Waals surface area contributed by atoms with Gasteiger partial charge in [-0.25, -0.2) is 4.79 Å². The van der Waals surface area contributed by atoms with Gasteiger partial charge in [0, 0.05) is 0 Å². The number of carboxylic acids is 1. The Morgan fingerprint density at radius 3 is 2.03 bits per heavy atom. The minimum absolute atomic E-state index is 0.376. The van der Waals surface area contributed by atoms with Gasteiger partial charge < -0.3 is 37.6 Å². The summed E-state index contributed by atoms with van der Waals surface area (Å²) in [6.45, 7) is 2.67. The Hall–Kier alpha value is -2.38. The highest BCUT2D eigenvalue weighted by atomic mass is 32.2. The SMILES string of the molecule is CCC(C)C(NC(=O)C(CO)NC(=O)C(N)CCSC)C(=O)NC(CC(N)=O)C(=O)O. The molecule has 0 bridgehead atoms. The number of carboxylic acid groups (broad SMARTS) is 1. The van der Waals surface area contributed by atoms with Crippen LogP contribution in [0, 0.1) is 5.92 Å². The van der Waals surface area contributed by atoms with Crippen LogP contribution in [0.5, 0.6) is 0 Å². The molecule has 0 rings (SSSR count). The third-order valence-electron chi connectivity index (χ3n) is 4.60. The summed E-state index contributed by atoms with van der Waals surface area (Å²) in [7, 11) is 0. The lowest BCUT2D eigenvalue weighted by Crippen LogP contribution is -2.59. The van der Waals surface area contributed by atoms with E-state index in [1.54, 1.807) is 13.8 Å². The van der Waals surface area contributed by atoms with E-state index in [0.717, 1.165) is 0 Å². The van der Waals surface area contributed by atoms with Gasteiger partial charge in [-0.1, -0.05) is 20.3 Å². The molecule has 0 aromatic rings. The Morgan fingerprint density at radius 2 is 1.58 bits per heavy atom. The maximum atomic E-state index is 12.6. The predicted octanol–water partition coefficient (Wildman–Crippen LogP) is -2.48. The second kappa shape index (κ2) is 14.6. The summed E-state index contributed by atoms with van der Waals surface area (Å²) >= 11 is 1.50. The molecule has 0 aliphatic carbocycles. The summed E-state index contributed by atoms with van der Waals surface area (Å²) in [6.07, 6.45) is 2.06. The Bertz CT molecular complexity index is 649. The molecule has 5 atom stereocenters. The van der Waals surface area contributed by atoms with E-state index in [1.165, 1.54) is 11.8 Å². The Labute approximate surface area is 185 Å². The number of rotatable bonds is 15. The lowest BCUT2D eigenvalue weighted by Gasteiger charge is -2.27. The average molecular weight is 464 g/mol. The quantitative estimate of drug-likeness (QED) is 0.137. The minimum Gasteiger partial charge on any atom is -0.480 e. The van der Waals surface area contributed by atoms with Crippen molar-refractivity contribution in [3.63, 3.8) is 0 Å². The number of primary amides is 1. The summed E-state index contributed by atoms with van der Waals surface area (Å²) in [5, 5.41) is 25.6. The largest absolute Gasteiger partial charge is 0.480 e. The van der Waals surface area contributed by atoms with Crippen molar-refractivity contribution in [3.05, 3.63) is 0 Å². The second-order valence-corrected chi connectivity index (χ2v) is 8.06. The van der Waals surface area contributed by atoms with Gasteiger partial charge in [-0.3, -0.25) is 19.2 Å². The third-order valence-corrected chi connectivity index (χ3v) is 5.24. The average Bonchev–Trinajstić information content (AvgIpc) is 2.71. The summed E-state index contributed by atoms with van der Waals surface area (Å²) in [5.41, 5.74) is 10.8. The molecule has 5 unspecified atom stereocenters. The smallest absolute Gasteiger partial charge is 0.326 e. The molecule has 0 radical (unpaired) electrons. The standard InChI is InChI=1S/C18H33N5O7S/c1-4-9(2)14(17(28)21-11(18(29)30)7-13(20)25)23-16(27)12(8-24)22-15(26)10(19)5-6-31-3/h9-12,14,24H,4-8,19H2,1-3H3,(H2,20,25)(H,21,28)(H,22,26)(H,23,27)(H,29,30). The maximum Gasteiger partial charge on any atom is 0.326 e. The predicted molar refractivity (Wildman–Crippen MR) is 115 cm³/mol. The van der Waals surface area contributed by atoms with Gasteiger partial charge in [0.1, 0.15) is 18.1 Å². The van der Waals surface area contributed by atoms with Crippen LogP contribution in [-0.4, -0.2) is 82.6 Å². The molecule has 178 valence electrons. The fourth-order valence-corrected chi connectivity index (χ4v) is 2.96. The highest BCUT2D eigenvalue weighted by Gasteiger charge is 2.32. The molecular weight excluding hydrogens is 430 g/mol. The molecule has 31 heavy (non-hydrogen) atoms. The van der Waals surface area contributed by atoms with E-state index in [4.69, 9.17) is 16.6 Å². The van der Waals surface area contributed by atoms with Crippen molar-refractivity contribution in [3.8, 4) is 0 Å². The van der Waals surface area contributed by atoms with Gasteiger partial charge in [0.15, 0.2) is 0 Å². The molecule has 0 saturated heterocycles. The fourth-order valence-electron chi connectivity index (χ4n) is 2.47. The second-order valence-electron chi connectivity index (χ2n) is 7.07. The molecule has 12 nitrogen and oxygen atoms in total. The number of hydrogen-bond donors (Lipinski definition) is 7. The number of aliphatic hydroxyl groups is 1. The minimum atomic E-state index is -1.56. The van der Waals surface area contributed by atoms with Gasteiger partial charge in [-0.15, -0.1) is 0 Å². The lowest BCUT2D eigenvalue weighted by atomic mass is 9.97. The van der Waals surface area contributed by atoms with E-state index in [1.807, 2.05) is 6.26 Å². The molecule has 0 saturated carbocycles. The first-order valence-electron chi connectivity index (χ1n) is 9.75. The first-order chi connectivity index (χ1) is 14.5. The normalized spacial score (nSPS) is 15.6. The summed E-state index contributed by atoms with van der Waals surface area (Å²) < 4.78 is 0. The Kier molecular flexibility index (Phi) is 13.5. The van der Waals surface area contributed by atoms with Crippen molar-refractivity contribution >= 4 is 41.4 Å². The van der Waals surface area contributed by atoms with Crippen LogP contribution < -0.4 is 27.4 Å². The van der Waals surface area contributed by atoms with Crippen LogP contribution in [-0.2, 0) is 24.0 Å². The number of nitrogens with one attached hydrogen (secondary N) is 3. The molecule has 0 aromatic carbocycles. The number of amides is 4. The van der Waals surface area contributed by atoms with Crippen molar-refractivity contribution in [2.75, 3.05) is 18.6 Å². The molecular formula is C18H33N5O7S. The highest BCUT2D eigenvalue weighted by Crippen LogP contribution is 2.09. The molecule has 0 spiro atoms. The third kappa shape index (κ3) is 10.5. The van der Waals surface area contributed by atoms with Crippen molar-refractivity contribution in [1.29, 1.82) is 0 Å². The molecule has 0 aliphatic rings. The highest BCUT2D eigenvalue weighted by molar-refractivity contribution is 7.98. The number of thioether (sulfide) groups is 1. The zero-order chi connectivity index (χ0) is 24.1. The first-order valence-corrected chi connectivity index (χ1v) is 11.1. The van der Waals surface area contributed by atoms with E-state index in [2.05, 4.69) is 16.0 Å².